The van der Waals surface area contributed by atoms with Gasteiger partial charge in [-0.1, -0.05) is 158 Å². The van der Waals surface area contributed by atoms with Crippen molar-refractivity contribution in [2.45, 2.75) is 5.41 Å². The lowest BCUT2D eigenvalue weighted by molar-refractivity contribution is 0.794. The first-order valence-electron chi connectivity index (χ1n) is 19.1. The van der Waals surface area contributed by atoms with E-state index in [1.165, 1.54) is 44.5 Å². The molecule has 260 valence electrons. The van der Waals surface area contributed by atoms with Crippen LogP contribution in [0.5, 0.6) is 0 Å². The average molecular weight is 713 g/mol. The highest BCUT2D eigenvalue weighted by molar-refractivity contribution is 6.04. The molecule has 2 aliphatic carbocycles. The third-order valence-electron chi connectivity index (χ3n) is 11.8. The summed E-state index contributed by atoms with van der Waals surface area (Å²) in [7, 11) is 0. The number of hydrogen-bond donors (Lipinski definition) is 0. The van der Waals surface area contributed by atoms with Crippen LogP contribution in [0.4, 0.5) is 0 Å². The van der Waals surface area contributed by atoms with E-state index in [0.29, 0.717) is 5.82 Å². The van der Waals surface area contributed by atoms with Crippen molar-refractivity contribution in [1.82, 2.24) is 19.5 Å². The summed E-state index contributed by atoms with van der Waals surface area (Å²) in [5.74, 6) is 1.57. The Balaban J connectivity index is 1.10. The molecule has 12 rings (SSSR count). The van der Waals surface area contributed by atoms with Gasteiger partial charge < -0.3 is 0 Å². The molecule has 4 nitrogen and oxygen atoms in total. The number of para-hydroxylation sites is 2. The lowest BCUT2D eigenvalue weighted by Gasteiger charge is -2.30. The van der Waals surface area contributed by atoms with Crippen molar-refractivity contribution in [2.75, 3.05) is 0 Å². The van der Waals surface area contributed by atoms with Crippen LogP contribution < -0.4 is 0 Å². The molecule has 0 atom stereocenters. The smallest absolute Gasteiger partial charge is 0.160 e. The van der Waals surface area contributed by atoms with Crippen LogP contribution in [0.2, 0.25) is 0 Å². The van der Waals surface area contributed by atoms with Gasteiger partial charge in [-0.05, 0) is 80.9 Å². The molecule has 56 heavy (non-hydrogen) atoms. The molecule has 0 N–H and O–H groups in total. The van der Waals surface area contributed by atoms with E-state index in [1.54, 1.807) is 0 Å². The van der Waals surface area contributed by atoms with Gasteiger partial charge >= 0.3 is 0 Å². The molecule has 0 unspecified atom stereocenters. The first-order valence-corrected chi connectivity index (χ1v) is 19.1. The number of aromatic nitrogens is 4. The second kappa shape index (κ2) is 11.8. The van der Waals surface area contributed by atoms with E-state index in [0.717, 1.165) is 55.8 Å². The van der Waals surface area contributed by atoms with E-state index in [2.05, 4.69) is 187 Å². The molecule has 0 fully saturated rings. The predicted molar refractivity (Wildman–Crippen MR) is 227 cm³/mol. The monoisotopic (exact) mass is 712 g/mol. The second-order valence-electron chi connectivity index (χ2n) is 14.7. The summed E-state index contributed by atoms with van der Waals surface area (Å²) < 4.78 is 2.24. The Morgan fingerprint density at radius 3 is 1.73 bits per heavy atom. The van der Waals surface area contributed by atoms with Crippen LogP contribution in [0.3, 0.4) is 0 Å². The summed E-state index contributed by atoms with van der Waals surface area (Å²) in [4.78, 5) is 16.0. The minimum absolute atomic E-state index is 0.431. The van der Waals surface area contributed by atoms with E-state index in [9.17, 15) is 0 Å². The van der Waals surface area contributed by atoms with E-state index < -0.39 is 5.41 Å². The zero-order valence-electron chi connectivity index (χ0n) is 30.3. The highest BCUT2D eigenvalue weighted by Crippen LogP contribution is 2.64. The van der Waals surface area contributed by atoms with Gasteiger partial charge in [0, 0.05) is 27.8 Å². The van der Waals surface area contributed by atoms with Crippen molar-refractivity contribution in [3.63, 3.8) is 0 Å². The van der Waals surface area contributed by atoms with Crippen LogP contribution in [0.25, 0.3) is 83.9 Å². The minimum Gasteiger partial charge on any atom is -0.292 e. The lowest BCUT2D eigenvalue weighted by atomic mass is 9.70. The van der Waals surface area contributed by atoms with Crippen molar-refractivity contribution in [3.8, 4) is 62.0 Å². The second-order valence-corrected chi connectivity index (χ2v) is 14.7. The van der Waals surface area contributed by atoms with Crippen molar-refractivity contribution in [3.05, 3.63) is 216 Å². The van der Waals surface area contributed by atoms with Crippen LogP contribution in [0, 0.1) is 0 Å². The Bertz CT molecular complexity index is 3150. The molecule has 0 amide bonds. The van der Waals surface area contributed by atoms with E-state index in [4.69, 9.17) is 15.0 Å². The quantitative estimate of drug-likeness (QED) is 0.182. The van der Waals surface area contributed by atoms with Crippen LogP contribution in [-0.2, 0) is 5.41 Å². The van der Waals surface area contributed by atoms with E-state index in [1.807, 2.05) is 12.1 Å². The van der Waals surface area contributed by atoms with Crippen molar-refractivity contribution >= 4 is 21.9 Å². The molecule has 0 saturated carbocycles. The van der Waals surface area contributed by atoms with E-state index in [-0.39, 0.29) is 0 Å². The number of benzene rings is 8. The molecule has 8 aromatic carbocycles. The molecule has 2 heterocycles. The fourth-order valence-electron chi connectivity index (χ4n) is 9.59. The largest absolute Gasteiger partial charge is 0.292 e. The fourth-order valence-corrected chi connectivity index (χ4v) is 9.59. The molecule has 4 heteroatoms. The zero-order chi connectivity index (χ0) is 36.8. The predicted octanol–water partition coefficient (Wildman–Crippen LogP) is 12.3. The summed E-state index contributed by atoms with van der Waals surface area (Å²) in [5, 5.41) is 1.02. The van der Waals surface area contributed by atoms with Gasteiger partial charge in [0.15, 0.2) is 5.82 Å². The Kier molecular flexibility index (Phi) is 6.52. The zero-order valence-corrected chi connectivity index (χ0v) is 30.3. The average Bonchev–Trinajstić information content (AvgIpc) is 3.91. The molecule has 2 aromatic heterocycles. The van der Waals surface area contributed by atoms with Crippen molar-refractivity contribution in [2.24, 2.45) is 0 Å². The summed E-state index contributed by atoms with van der Waals surface area (Å²) in [5.41, 5.74) is 17.8. The molecular weight excluding hydrogens is 681 g/mol. The van der Waals surface area contributed by atoms with Gasteiger partial charge in [0.2, 0.25) is 0 Å². The molecule has 0 radical (unpaired) electrons. The molecule has 2 aliphatic rings. The maximum atomic E-state index is 5.50. The maximum absolute atomic E-state index is 5.50. The van der Waals surface area contributed by atoms with Gasteiger partial charge in [0.25, 0.3) is 0 Å². The Labute approximate surface area is 324 Å². The lowest BCUT2D eigenvalue weighted by Crippen LogP contribution is -2.25. The third-order valence-corrected chi connectivity index (χ3v) is 11.8. The number of rotatable bonds is 4. The van der Waals surface area contributed by atoms with Gasteiger partial charge in [-0.2, -0.15) is 0 Å². The van der Waals surface area contributed by atoms with Crippen LogP contribution in [0.15, 0.2) is 194 Å². The fraction of sp³-hybridized carbons (Fsp3) is 0.0192. The topological polar surface area (TPSA) is 43.6 Å². The SMILES string of the molecule is c1ccc(-c2nc3cc(-c4nc(-c5cccc6c5-c5ccccc5C65c6ccccc6-c6ccccc65)c5ccccc5n4)ccc3n2-c2ccccc2)cc1. The molecular formula is C52H32N4. The number of fused-ring (bicyclic) bond motifs is 12. The standard InChI is InChI=1S/C52H32N4/c1-3-16-33(17-4-1)51-54-46-32-34(30-31-47(46)56(51)35-18-5-2-6-19-35)50-53-45-29-14-10-23-39(45)49(55-50)40-24-15-28-44-48(40)38-22-9-13-27-43(38)52(44)41-25-11-7-20-36(41)37-21-8-12-26-42(37)52/h1-32H. The van der Waals surface area contributed by atoms with Crippen LogP contribution in [-0.4, -0.2) is 19.5 Å². The van der Waals surface area contributed by atoms with Gasteiger partial charge in [-0.25, -0.2) is 15.0 Å². The van der Waals surface area contributed by atoms with Gasteiger partial charge in [-0.15, -0.1) is 0 Å². The maximum Gasteiger partial charge on any atom is 0.160 e. The van der Waals surface area contributed by atoms with Gasteiger partial charge in [0.05, 0.1) is 27.7 Å². The highest BCUT2D eigenvalue weighted by Gasteiger charge is 2.52. The molecule has 0 bridgehead atoms. The molecule has 0 aliphatic heterocycles. The highest BCUT2D eigenvalue weighted by atomic mass is 15.1. The Morgan fingerprint density at radius 2 is 0.982 bits per heavy atom. The Morgan fingerprint density at radius 1 is 0.393 bits per heavy atom. The normalized spacial score (nSPS) is 13.1. The number of hydrogen-bond acceptors (Lipinski definition) is 3. The third kappa shape index (κ3) is 4.21. The summed E-state index contributed by atoms with van der Waals surface area (Å²) >= 11 is 0. The summed E-state index contributed by atoms with van der Waals surface area (Å²) in [6, 6.07) is 69.3. The number of nitrogens with zero attached hydrogens (tertiary/aromatic N) is 4. The Hall–Kier alpha value is -7.43. The number of imidazole rings is 1. The molecule has 10 aromatic rings. The molecule has 0 saturated heterocycles. The van der Waals surface area contributed by atoms with E-state index >= 15 is 0 Å². The van der Waals surface area contributed by atoms with Crippen molar-refractivity contribution < 1.29 is 0 Å². The summed E-state index contributed by atoms with van der Waals surface area (Å²) in [6.45, 7) is 0. The first-order chi connectivity index (χ1) is 27.8. The van der Waals surface area contributed by atoms with Gasteiger partial charge in [-0.3, -0.25) is 4.57 Å². The minimum atomic E-state index is -0.431. The molecule has 1 spiro atoms. The van der Waals surface area contributed by atoms with Crippen molar-refractivity contribution in [1.29, 1.82) is 0 Å². The van der Waals surface area contributed by atoms with Gasteiger partial charge in [0.1, 0.15) is 5.82 Å². The van der Waals surface area contributed by atoms with Crippen LogP contribution in [0.1, 0.15) is 22.3 Å². The van der Waals surface area contributed by atoms with Crippen LogP contribution >= 0.6 is 0 Å². The summed E-state index contributed by atoms with van der Waals surface area (Å²) in [6.07, 6.45) is 0. The first kappa shape index (κ1) is 31.0.